The van der Waals surface area contributed by atoms with Crippen molar-refractivity contribution in [2.24, 2.45) is 5.90 Å². The Labute approximate surface area is 145 Å². The fourth-order valence-electron chi connectivity index (χ4n) is 2.61. The molecule has 0 aliphatic heterocycles. The molecule has 0 unspecified atom stereocenters. The molecule has 0 aliphatic rings. The molecule has 0 saturated heterocycles. The van der Waals surface area contributed by atoms with Gasteiger partial charge in [-0.2, -0.15) is 0 Å². The van der Waals surface area contributed by atoms with Crippen LogP contribution in [0, 0.1) is 0 Å². The first kappa shape index (κ1) is 20.5. The van der Waals surface area contributed by atoms with Crippen molar-refractivity contribution in [3.63, 3.8) is 0 Å². The van der Waals surface area contributed by atoms with Gasteiger partial charge in [-0.05, 0) is 48.8 Å². The average molecular weight is 337 g/mol. The van der Waals surface area contributed by atoms with Crippen molar-refractivity contribution in [3.8, 4) is 5.75 Å². The van der Waals surface area contributed by atoms with Crippen molar-refractivity contribution in [3.05, 3.63) is 28.8 Å². The smallest absolute Gasteiger partial charge is 0.306 e. The van der Waals surface area contributed by atoms with Gasteiger partial charge < -0.3 is 14.7 Å². The molecular weight excluding hydrogens is 306 g/mol. The van der Waals surface area contributed by atoms with E-state index in [1.807, 2.05) is 12.1 Å². The lowest BCUT2D eigenvalue weighted by Gasteiger charge is -2.13. The lowest BCUT2D eigenvalue weighted by molar-refractivity contribution is -0.145. The quantitative estimate of drug-likeness (QED) is 0.347. The van der Waals surface area contributed by atoms with Crippen molar-refractivity contribution < 1.29 is 19.5 Å². The van der Waals surface area contributed by atoms with Gasteiger partial charge in [-0.15, -0.1) is 0 Å². The number of aryl methyl sites for hydroxylation is 3. The number of aromatic hydroxyl groups is 1. The number of phenolic OH excluding ortho intramolecular Hbond substituents is 1. The van der Waals surface area contributed by atoms with Crippen molar-refractivity contribution in [2.75, 3.05) is 13.2 Å². The van der Waals surface area contributed by atoms with E-state index < -0.39 is 0 Å². The van der Waals surface area contributed by atoms with E-state index in [2.05, 4.69) is 18.7 Å². The molecule has 0 spiro atoms. The van der Waals surface area contributed by atoms with Gasteiger partial charge in [0.05, 0.1) is 0 Å². The highest BCUT2D eigenvalue weighted by atomic mass is 16.6. The average Bonchev–Trinajstić information content (AvgIpc) is 2.58. The monoisotopic (exact) mass is 337 g/mol. The van der Waals surface area contributed by atoms with Gasteiger partial charge in [0.1, 0.15) is 19.0 Å². The standard InChI is InChI=1S/C19H31NO4/c1-3-5-7-16-13-15(9-10-18(21)23-11-12-24-20)14-17(19(16)22)8-6-4-2/h13-14,22H,3-12,20H2,1-2H3. The molecule has 5 heteroatoms. The lowest BCUT2D eigenvalue weighted by atomic mass is 9.95. The Morgan fingerprint density at radius 1 is 1.04 bits per heavy atom. The van der Waals surface area contributed by atoms with Gasteiger partial charge in [0, 0.05) is 6.42 Å². The van der Waals surface area contributed by atoms with E-state index in [1.54, 1.807) is 0 Å². The van der Waals surface area contributed by atoms with Crippen LogP contribution in [-0.4, -0.2) is 24.3 Å². The van der Waals surface area contributed by atoms with Crippen molar-refractivity contribution in [1.29, 1.82) is 0 Å². The summed E-state index contributed by atoms with van der Waals surface area (Å²) in [6, 6.07) is 4.05. The van der Waals surface area contributed by atoms with E-state index in [4.69, 9.17) is 10.6 Å². The molecule has 0 amide bonds. The van der Waals surface area contributed by atoms with Gasteiger partial charge >= 0.3 is 5.97 Å². The molecule has 1 rings (SSSR count). The van der Waals surface area contributed by atoms with Crippen LogP contribution in [-0.2, 0) is 33.6 Å². The minimum absolute atomic E-state index is 0.175. The Hall–Kier alpha value is -1.59. The second kappa shape index (κ2) is 11.9. The van der Waals surface area contributed by atoms with Crippen LogP contribution < -0.4 is 5.90 Å². The zero-order valence-electron chi connectivity index (χ0n) is 15.0. The molecule has 0 heterocycles. The molecular formula is C19H31NO4. The zero-order valence-corrected chi connectivity index (χ0v) is 15.0. The Kier molecular flexibility index (Phi) is 10.1. The summed E-state index contributed by atoms with van der Waals surface area (Å²) in [6.07, 6.45) is 6.93. The van der Waals surface area contributed by atoms with Crippen LogP contribution in [0.15, 0.2) is 12.1 Å². The second-order valence-electron chi connectivity index (χ2n) is 6.06. The largest absolute Gasteiger partial charge is 0.507 e. The van der Waals surface area contributed by atoms with Gasteiger partial charge in [0.25, 0.3) is 0 Å². The summed E-state index contributed by atoms with van der Waals surface area (Å²) >= 11 is 0. The SMILES string of the molecule is CCCCc1cc(CCC(=O)OCCON)cc(CCCC)c1O. The summed E-state index contributed by atoms with van der Waals surface area (Å²) in [4.78, 5) is 16.1. The summed E-state index contributed by atoms with van der Waals surface area (Å²) in [5.41, 5.74) is 3.06. The lowest BCUT2D eigenvalue weighted by Crippen LogP contribution is -2.13. The van der Waals surface area contributed by atoms with Gasteiger partial charge in [-0.1, -0.05) is 38.8 Å². The molecule has 136 valence electrons. The first-order valence-corrected chi connectivity index (χ1v) is 8.93. The first-order chi connectivity index (χ1) is 11.6. The van der Waals surface area contributed by atoms with Crippen LogP contribution >= 0.6 is 0 Å². The number of hydrogen-bond acceptors (Lipinski definition) is 5. The number of phenols is 1. The number of rotatable bonds is 12. The molecule has 3 N–H and O–H groups in total. The number of carbonyl (C=O) groups excluding carboxylic acids is 1. The highest BCUT2D eigenvalue weighted by molar-refractivity contribution is 5.69. The van der Waals surface area contributed by atoms with Crippen molar-refractivity contribution in [1.82, 2.24) is 0 Å². The zero-order chi connectivity index (χ0) is 17.8. The van der Waals surface area contributed by atoms with E-state index in [0.717, 1.165) is 55.2 Å². The Morgan fingerprint density at radius 3 is 2.12 bits per heavy atom. The maximum Gasteiger partial charge on any atom is 0.306 e. The number of ether oxygens (including phenoxy) is 1. The minimum atomic E-state index is -0.259. The summed E-state index contributed by atoms with van der Waals surface area (Å²) < 4.78 is 5.02. The highest BCUT2D eigenvalue weighted by Gasteiger charge is 2.11. The molecule has 5 nitrogen and oxygen atoms in total. The van der Waals surface area contributed by atoms with E-state index in [0.29, 0.717) is 18.6 Å². The Bertz CT molecular complexity index is 473. The van der Waals surface area contributed by atoms with Crippen LogP contribution in [0.2, 0.25) is 0 Å². The molecule has 24 heavy (non-hydrogen) atoms. The maximum absolute atomic E-state index is 11.7. The fourth-order valence-corrected chi connectivity index (χ4v) is 2.61. The van der Waals surface area contributed by atoms with Crippen LogP contribution in [0.5, 0.6) is 5.75 Å². The van der Waals surface area contributed by atoms with E-state index in [1.165, 1.54) is 0 Å². The number of nitrogens with two attached hydrogens (primary N) is 1. The van der Waals surface area contributed by atoms with Gasteiger partial charge in [0.15, 0.2) is 0 Å². The van der Waals surface area contributed by atoms with Crippen LogP contribution in [0.25, 0.3) is 0 Å². The summed E-state index contributed by atoms with van der Waals surface area (Å²) in [5, 5.41) is 10.5. The molecule has 0 aliphatic carbocycles. The molecule has 0 atom stereocenters. The predicted molar refractivity (Wildman–Crippen MR) is 94.8 cm³/mol. The topological polar surface area (TPSA) is 81.8 Å². The third-order valence-electron chi connectivity index (χ3n) is 4.01. The number of unbranched alkanes of at least 4 members (excludes halogenated alkanes) is 2. The van der Waals surface area contributed by atoms with E-state index in [9.17, 15) is 9.90 Å². The molecule has 0 saturated carbocycles. The minimum Gasteiger partial charge on any atom is -0.507 e. The van der Waals surface area contributed by atoms with Gasteiger partial charge in [-0.3, -0.25) is 4.79 Å². The fraction of sp³-hybridized carbons (Fsp3) is 0.632. The number of hydrogen-bond donors (Lipinski definition) is 2. The second-order valence-corrected chi connectivity index (χ2v) is 6.06. The van der Waals surface area contributed by atoms with Gasteiger partial charge in [0.2, 0.25) is 0 Å². The molecule has 0 aromatic heterocycles. The van der Waals surface area contributed by atoms with E-state index in [-0.39, 0.29) is 19.2 Å². The van der Waals surface area contributed by atoms with Gasteiger partial charge in [-0.25, -0.2) is 5.90 Å². The first-order valence-electron chi connectivity index (χ1n) is 8.93. The summed E-state index contributed by atoms with van der Waals surface area (Å²) in [6.45, 7) is 4.65. The predicted octanol–water partition coefficient (Wildman–Crippen LogP) is 3.44. The Morgan fingerprint density at radius 2 is 1.62 bits per heavy atom. The molecule has 0 fully saturated rings. The van der Waals surface area contributed by atoms with E-state index >= 15 is 0 Å². The normalized spacial score (nSPS) is 10.8. The van der Waals surface area contributed by atoms with Crippen molar-refractivity contribution in [2.45, 2.75) is 65.2 Å². The number of benzene rings is 1. The van der Waals surface area contributed by atoms with Crippen LogP contribution in [0.1, 0.15) is 62.6 Å². The van der Waals surface area contributed by atoms with Crippen molar-refractivity contribution >= 4 is 5.97 Å². The summed E-state index contributed by atoms with van der Waals surface area (Å²) in [5.74, 6) is 5.07. The molecule has 1 aromatic rings. The Balaban J connectivity index is 2.75. The van der Waals surface area contributed by atoms with Crippen LogP contribution in [0.4, 0.5) is 0 Å². The molecule has 1 aromatic carbocycles. The third-order valence-corrected chi connectivity index (χ3v) is 4.01. The highest BCUT2D eigenvalue weighted by Crippen LogP contribution is 2.28. The third kappa shape index (κ3) is 7.32. The maximum atomic E-state index is 11.7. The summed E-state index contributed by atoms with van der Waals surface area (Å²) in [7, 11) is 0. The van der Waals surface area contributed by atoms with Crippen LogP contribution in [0.3, 0.4) is 0 Å². The molecule has 0 bridgehead atoms. The molecule has 0 radical (unpaired) electrons. The number of carbonyl (C=O) groups is 1. The number of esters is 1.